The predicted molar refractivity (Wildman–Crippen MR) is 303 cm³/mol. The molecule has 0 saturated carbocycles. The minimum absolute atomic E-state index is 0. The Labute approximate surface area is 490 Å². The van der Waals surface area contributed by atoms with Crippen LogP contribution in [0.3, 0.4) is 0 Å². The number of carboxylic acid groups (broad SMARTS) is 2. The van der Waals surface area contributed by atoms with Crippen molar-refractivity contribution in [3.8, 4) is 5.75 Å². The summed E-state index contributed by atoms with van der Waals surface area (Å²) in [6, 6.07) is 18.3. The fraction of sp³-hybridized carbons (Fsp3) is 0.373. The third-order valence-corrected chi connectivity index (χ3v) is 16.7. The molecule has 0 aliphatic carbocycles. The van der Waals surface area contributed by atoms with Gasteiger partial charge < -0.3 is 89.4 Å². The quantitative estimate of drug-likeness (QED) is 0.0406. The van der Waals surface area contributed by atoms with Crippen molar-refractivity contribution >= 4 is 93.5 Å². The Hall–Kier alpha value is -7.80. The largest absolute Gasteiger partial charge is 0.508 e. The number of thioether (sulfide) groups is 2. The number of phenolic OH excluding ortho intramolecular Hbond substituents is 1. The molecule has 0 bridgehead atoms. The number of fused-ring (bicyclic) bond motifs is 3. The van der Waals surface area contributed by atoms with Gasteiger partial charge in [-0.15, -0.1) is 34.9 Å². The van der Waals surface area contributed by atoms with Crippen molar-refractivity contribution in [1.82, 2.24) is 40.0 Å². The molecule has 2 aromatic carbocycles. The van der Waals surface area contributed by atoms with Gasteiger partial charge in [-0.2, -0.15) is 0 Å². The average Bonchev–Trinajstić information content (AvgIpc) is 1.05. The molecule has 8 heterocycles. The number of ether oxygens (including phenoxy) is 3. The molecule has 30 nitrogen and oxygen atoms in total. The van der Waals surface area contributed by atoms with E-state index in [0.717, 1.165) is 16.2 Å². The molecular weight excluding hydrogens is 1160 g/mol. The van der Waals surface area contributed by atoms with E-state index < -0.39 is 101 Å². The lowest BCUT2D eigenvalue weighted by atomic mass is 9.98. The predicted octanol–water partition coefficient (Wildman–Crippen LogP) is -1.80. The number of nitrogens with two attached hydrogens (primary N) is 4. The summed E-state index contributed by atoms with van der Waals surface area (Å²) in [5.41, 5.74) is 23.6. The summed E-state index contributed by atoms with van der Waals surface area (Å²) in [5, 5.41) is 62.7. The Balaban J connectivity index is 0.000000213. The minimum atomic E-state index is -1.66. The molecule has 0 spiro atoms. The number of phenols is 1. The molecule has 20 N–H and O–H groups in total. The Kier molecular flexibility index (Phi) is 23.2. The number of β-lactam (4-membered cyclic amide) rings is 2. The number of aromatic nitrogens is 4. The fourth-order valence-electron chi connectivity index (χ4n) is 9.04. The molecular formula is C51H64N12O18S3. The van der Waals surface area contributed by atoms with Gasteiger partial charge in [0.2, 0.25) is 11.8 Å². The number of imidazole rings is 1. The van der Waals surface area contributed by atoms with Crippen LogP contribution in [0.2, 0.25) is 0 Å². The summed E-state index contributed by atoms with van der Waals surface area (Å²) in [5.74, 6) is -3.70. The number of anilines is 1. The second-order valence-corrected chi connectivity index (χ2v) is 22.0. The monoisotopic (exact) mass is 1230 g/mol. The van der Waals surface area contributed by atoms with Crippen molar-refractivity contribution in [3.63, 3.8) is 0 Å². The molecule has 10 rings (SSSR count). The second kappa shape index (κ2) is 29.1. The van der Waals surface area contributed by atoms with Gasteiger partial charge in [-0.05, 0) is 60.5 Å². The number of rotatable bonds is 15. The van der Waals surface area contributed by atoms with Gasteiger partial charge in [0.15, 0.2) is 17.7 Å². The van der Waals surface area contributed by atoms with Crippen LogP contribution in [-0.4, -0.2) is 191 Å². The number of benzene rings is 2. The van der Waals surface area contributed by atoms with Gasteiger partial charge in [0.05, 0.1) is 19.4 Å². The lowest BCUT2D eigenvalue weighted by Crippen LogP contribution is -2.80. The first-order valence-corrected chi connectivity index (χ1v) is 27.8. The van der Waals surface area contributed by atoms with E-state index in [1.54, 1.807) is 13.0 Å². The third-order valence-electron chi connectivity index (χ3n) is 13.0. The molecule has 0 unspecified atom stereocenters. The molecule has 5 aromatic rings. The van der Waals surface area contributed by atoms with Crippen molar-refractivity contribution in [3.05, 3.63) is 123 Å². The molecule has 5 amide bonds. The van der Waals surface area contributed by atoms with Gasteiger partial charge in [-0.25, -0.2) is 29.3 Å². The molecule has 33 heteroatoms. The van der Waals surface area contributed by atoms with Gasteiger partial charge in [0.1, 0.15) is 76.7 Å². The molecule has 5 aliphatic heterocycles. The summed E-state index contributed by atoms with van der Waals surface area (Å²) in [6.07, 6.45) is -1.42. The first kappa shape index (κ1) is 67.0. The van der Waals surface area contributed by atoms with Crippen LogP contribution in [0.4, 0.5) is 10.6 Å². The maximum Gasteiger partial charge on any atom is 0.404 e. The Bertz CT molecular complexity index is 3230. The number of methoxy groups -OCH3 is 1. The number of carboxylic acids is 2. The summed E-state index contributed by atoms with van der Waals surface area (Å²) < 4.78 is 16.9. The molecule has 10 atom stereocenters. The highest BCUT2D eigenvalue weighted by Gasteiger charge is 2.66. The summed E-state index contributed by atoms with van der Waals surface area (Å²) in [6.45, 7) is 2.96. The first-order valence-electron chi connectivity index (χ1n) is 24.8. The van der Waals surface area contributed by atoms with E-state index in [-0.39, 0.29) is 64.3 Å². The summed E-state index contributed by atoms with van der Waals surface area (Å²) in [7, 11) is 1.27. The van der Waals surface area contributed by atoms with Crippen LogP contribution in [0.1, 0.15) is 42.1 Å². The number of aliphatic carboxylic acids is 2. The zero-order valence-electron chi connectivity index (χ0n) is 45.0. The normalized spacial score (nSPS) is 23.5. The van der Waals surface area contributed by atoms with Gasteiger partial charge in [-0.3, -0.25) is 33.5 Å². The smallest absolute Gasteiger partial charge is 0.404 e. The molecule has 454 valence electrons. The number of hydrogen-bond acceptors (Lipinski definition) is 23. The number of carbonyl (C=O) groups excluding carboxylic acids is 5. The number of aromatic hydroxyl groups is 1. The number of aliphatic hydroxyl groups excluding tert-OH is 3. The molecule has 3 fully saturated rings. The number of aliphatic hydroxyl groups is 3. The third kappa shape index (κ3) is 14.6. The van der Waals surface area contributed by atoms with Crippen LogP contribution < -0.4 is 33.6 Å². The van der Waals surface area contributed by atoms with E-state index in [1.165, 1.54) is 93.9 Å². The fourth-order valence-corrected chi connectivity index (χ4v) is 12.5. The number of nitrogens with zero attached hydrogens (tertiary/aromatic N) is 6. The minimum Gasteiger partial charge on any atom is -0.508 e. The van der Waals surface area contributed by atoms with Crippen molar-refractivity contribution in [2.75, 3.05) is 37.6 Å². The standard InChI is InChI=1S/C16H17N3O7S2.C16H17N3O5S.C10H13N5O4.C9H13N.2H2O/c1-25-16(18-10(20)5-9-3-2-4-27-9)13(23)19-11(12(21)22)8(6-26-15(17)24)7-28-14(16)19;1-7-6-25-15-11(14(22)19(15)12(7)16(23)24)18-13(21)10(17)8-2-4-9(20)5-3-8;11-8-5-9(13-2-12-8)15(3-14-5)10-7(18)6(17)4(1-16)19-10;1-8(10)7-9-5-3-2-4-6-9;;/h2-4,14H,5-7H2,1H3,(H2,17,24)(H,18,20)(H,21,22);2-5,10-11,15,20H,6,17H2,1H3,(H,18,21)(H,23,24);2-4,6-7,10,16-18H,1H2,(H2,11,12,13);2-6,8H,7,10H2,1H3;2*1H2/t14-,16+;10-,11-,15-;4-,6-,7+,10-;8-;;/m1110../s1. The van der Waals surface area contributed by atoms with Crippen LogP contribution in [0.25, 0.3) is 11.2 Å². The number of nitrogens with one attached hydrogen (secondary N) is 2. The Morgan fingerprint density at radius 3 is 2.17 bits per heavy atom. The van der Waals surface area contributed by atoms with Crippen LogP contribution in [-0.2, 0) is 55.8 Å². The van der Waals surface area contributed by atoms with E-state index in [2.05, 4.69) is 42.5 Å². The average molecular weight is 1230 g/mol. The van der Waals surface area contributed by atoms with Crippen LogP contribution >= 0.6 is 34.9 Å². The second-order valence-electron chi connectivity index (χ2n) is 18.8. The van der Waals surface area contributed by atoms with Crippen molar-refractivity contribution in [2.45, 2.75) is 85.8 Å². The SMILES string of the molecule is CC1=C(C(=O)O)N2C(=O)[C@@H](NC(=O)[C@H](N)c3ccc(O)cc3)[C@H]2SC1.CO[C@@]1(NC(=O)Cc2cccs2)C(=O)N2C(C(=O)O)=C(COC(N)=O)CS[C@@H]21.C[C@H](N)Cc1ccccc1.Nc1ncnc2c1ncn2[C@@H]1O[C@H](CO)[C@@H](O)[C@@H]1O.O.O. The molecule has 3 saturated heterocycles. The highest BCUT2D eigenvalue weighted by atomic mass is 32.2. The van der Waals surface area contributed by atoms with E-state index in [1.807, 2.05) is 36.6 Å². The zero-order chi connectivity index (χ0) is 59.7. The lowest BCUT2D eigenvalue weighted by molar-refractivity contribution is -0.192. The van der Waals surface area contributed by atoms with Gasteiger partial charge in [0, 0.05) is 35.1 Å². The highest BCUT2D eigenvalue weighted by molar-refractivity contribution is 8.00. The van der Waals surface area contributed by atoms with Gasteiger partial charge in [0.25, 0.3) is 17.5 Å². The maximum absolute atomic E-state index is 12.8. The topological polar surface area (TPSA) is 510 Å². The molecule has 0 radical (unpaired) electrons. The van der Waals surface area contributed by atoms with Crippen molar-refractivity contribution in [2.24, 2.45) is 17.2 Å². The Morgan fingerprint density at radius 2 is 1.58 bits per heavy atom. The number of hydrogen-bond donors (Lipinski definition) is 12. The molecule has 3 aromatic heterocycles. The van der Waals surface area contributed by atoms with E-state index in [0.29, 0.717) is 28.1 Å². The zero-order valence-corrected chi connectivity index (χ0v) is 47.5. The number of primary amides is 1. The summed E-state index contributed by atoms with van der Waals surface area (Å²) in [4.78, 5) is 98.7. The van der Waals surface area contributed by atoms with Gasteiger partial charge in [-0.1, -0.05) is 48.5 Å². The number of amides is 5. The molecule has 5 aliphatic rings. The maximum atomic E-state index is 12.8. The lowest BCUT2D eigenvalue weighted by Gasteiger charge is -2.55. The Morgan fingerprint density at radius 1 is 0.905 bits per heavy atom. The number of thiophene rings is 1. The first-order chi connectivity index (χ1) is 39.0. The van der Waals surface area contributed by atoms with E-state index >= 15 is 0 Å². The van der Waals surface area contributed by atoms with Crippen LogP contribution in [0, 0.1) is 0 Å². The van der Waals surface area contributed by atoms with Crippen LogP contribution in [0.5, 0.6) is 5.75 Å². The molecule has 84 heavy (non-hydrogen) atoms. The van der Waals surface area contributed by atoms with E-state index in [9.17, 15) is 59.1 Å². The highest BCUT2D eigenvalue weighted by Crippen LogP contribution is 2.47. The number of nitrogen functional groups attached to an aromatic ring is 1. The van der Waals surface area contributed by atoms with Gasteiger partial charge >= 0.3 is 18.0 Å². The summed E-state index contributed by atoms with van der Waals surface area (Å²) >= 11 is 4.00. The number of carbonyl (C=O) groups is 7. The van der Waals surface area contributed by atoms with E-state index in [4.69, 9.17) is 37.5 Å². The van der Waals surface area contributed by atoms with Crippen molar-refractivity contribution in [1.29, 1.82) is 0 Å². The van der Waals surface area contributed by atoms with Crippen molar-refractivity contribution < 1.29 is 89.4 Å². The van der Waals surface area contributed by atoms with Crippen LogP contribution in [0.15, 0.2) is 107 Å².